The molecule has 1 aromatic carbocycles. The molecule has 8 nitrogen and oxygen atoms in total. The Morgan fingerprint density at radius 2 is 1.86 bits per heavy atom. The van der Waals surface area contributed by atoms with Crippen LogP contribution in [0.5, 0.6) is 0 Å². The van der Waals surface area contributed by atoms with Crippen molar-refractivity contribution in [2.45, 2.75) is 25.8 Å². The maximum Gasteiger partial charge on any atom is 0.256 e. The van der Waals surface area contributed by atoms with Crippen LogP contribution in [0.25, 0.3) is 5.69 Å². The summed E-state index contributed by atoms with van der Waals surface area (Å²) >= 11 is 0. The molecule has 2 aromatic heterocycles. The van der Waals surface area contributed by atoms with Crippen molar-refractivity contribution in [3.63, 3.8) is 0 Å². The number of piperidine rings is 1. The van der Waals surface area contributed by atoms with E-state index in [4.69, 9.17) is 0 Å². The Bertz CT molecular complexity index is 1020. The lowest BCUT2D eigenvalue weighted by atomic mass is 9.91. The molecular weight excluding hydrogens is 366 g/mol. The molecule has 2 atom stereocenters. The van der Waals surface area contributed by atoms with Crippen LogP contribution < -0.4 is 4.90 Å². The molecule has 29 heavy (non-hydrogen) atoms. The molecule has 4 heterocycles. The van der Waals surface area contributed by atoms with Crippen molar-refractivity contribution in [3.05, 3.63) is 60.3 Å². The first kappa shape index (κ1) is 17.8. The van der Waals surface area contributed by atoms with Gasteiger partial charge in [-0.3, -0.25) is 9.78 Å². The molecule has 0 bridgehead atoms. The standard InChI is InChI=1S/C21H23N7O/c1-15-12-22-13-20(25-15)27-11-7-16-6-10-26(14-19(16)27)21(29)17-4-2-3-5-18(17)28-23-8-9-24-28/h2-5,8-9,12-13,16,19H,6-7,10-11,14H2,1H3/t16-,19-/m0/s1. The number of carbonyl (C=O) groups is 1. The Morgan fingerprint density at radius 1 is 1.07 bits per heavy atom. The predicted octanol–water partition coefficient (Wildman–Crippen LogP) is 2.11. The summed E-state index contributed by atoms with van der Waals surface area (Å²) in [6.07, 6.45) is 8.98. The molecule has 0 aliphatic carbocycles. The summed E-state index contributed by atoms with van der Waals surface area (Å²) in [5.41, 5.74) is 2.25. The van der Waals surface area contributed by atoms with Crippen molar-refractivity contribution in [3.8, 4) is 5.69 Å². The Balaban J connectivity index is 1.40. The average molecular weight is 389 g/mol. The second-order valence-corrected chi connectivity index (χ2v) is 7.70. The van der Waals surface area contributed by atoms with Gasteiger partial charge < -0.3 is 9.80 Å². The number of para-hydroxylation sites is 1. The number of fused-ring (bicyclic) bond motifs is 1. The van der Waals surface area contributed by atoms with Gasteiger partial charge in [-0.15, -0.1) is 0 Å². The van der Waals surface area contributed by atoms with Gasteiger partial charge in [0.15, 0.2) is 0 Å². The fraction of sp³-hybridized carbons (Fsp3) is 0.381. The Kier molecular flexibility index (Phi) is 4.46. The van der Waals surface area contributed by atoms with Crippen LogP contribution in [-0.4, -0.2) is 61.4 Å². The fourth-order valence-corrected chi connectivity index (χ4v) is 4.54. The fourth-order valence-electron chi connectivity index (χ4n) is 4.54. The number of amides is 1. The van der Waals surface area contributed by atoms with Crippen LogP contribution in [0.15, 0.2) is 49.1 Å². The molecule has 3 aromatic rings. The summed E-state index contributed by atoms with van der Waals surface area (Å²) in [5, 5.41) is 8.40. The molecule has 0 N–H and O–H groups in total. The minimum atomic E-state index is 0.0264. The maximum absolute atomic E-state index is 13.4. The number of likely N-dealkylation sites (tertiary alicyclic amines) is 1. The van der Waals surface area contributed by atoms with Gasteiger partial charge in [-0.2, -0.15) is 15.0 Å². The first-order valence-electron chi connectivity index (χ1n) is 10.0. The number of rotatable bonds is 3. The van der Waals surface area contributed by atoms with E-state index in [9.17, 15) is 4.79 Å². The highest BCUT2D eigenvalue weighted by molar-refractivity contribution is 5.97. The van der Waals surface area contributed by atoms with Gasteiger partial charge in [0.05, 0.1) is 41.6 Å². The van der Waals surface area contributed by atoms with Gasteiger partial charge >= 0.3 is 0 Å². The number of hydrogen-bond donors (Lipinski definition) is 0. The van der Waals surface area contributed by atoms with Gasteiger partial charge in [0.25, 0.3) is 5.91 Å². The van der Waals surface area contributed by atoms with Gasteiger partial charge in [0.2, 0.25) is 0 Å². The van der Waals surface area contributed by atoms with Crippen molar-refractivity contribution in [1.82, 2.24) is 29.9 Å². The smallest absolute Gasteiger partial charge is 0.256 e. The Hall–Kier alpha value is -3.29. The van der Waals surface area contributed by atoms with Crippen LogP contribution in [0.1, 0.15) is 28.9 Å². The number of anilines is 1. The van der Waals surface area contributed by atoms with Gasteiger partial charge in [0, 0.05) is 25.8 Å². The van der Waals surface area contributed by atoms with Gasteiger partial charge in [-0.25, -0.2) is 4.98 Å². The highest BCUT2D eigenvalue weighted by atomic mass is 16.2. The van der Waals surface area contributed by atoms with E-state index in [0.717, 1.165) is 37.4 Å². The lowest BCUT2D eigenvalue weighted by molar-refractivity contribution is 0.0678. The van der Waals surface area contributed by atoms with Crippen molar-refractivity contribution in [2.75, 3.05) is 24.5 Å². The molecule has 0 unspecified atom stereocenters. The number of aryl methyl sites for hydroxylation is 1. The summed E-state index contributed by atoms with van der Waals surface area (Å²) in [5.74, 6) is 1.52. The van der Waals surface area contributed by atoms with E-state index in [0.29, 0.717) is 23.7 Å². The summed E-state index contributed by atoms with van der Waals surface area (Å²) < 4.78 is 0. The summed E-state index contributed by atoms with van der Waals surface area (Å²) in [4.78, 5) is 28.2. The molecule has 0 radical (unpaired) electrons. The molecular formula is C21H23N7O. The van der Waals surface area contributed by atoms with E-state index >= 15 is 0 Å². The second-order valence-electron chi connectivity index (χ2n) is 7.70. The van der Waals surface area contributed by atoms with Crippen LogP contribution in [0.2, 0.25) is 0 Å². The van der Waals surface area contributed by atoms with E-state index in [1.807, 2.05) is 42.3 Å². The summed E-state index contributed by atoms with van der Waals surface area (Å²) in [6.45, 7) is 4.39. The van der Waals surface area contributed by atoms with Gasteiger partial charge in [-0.1, -0.05) is 12.1 Å². The zero-order chi connectivity index (χ0) is 19.8. The van der Waals surface area contributed by atoms with Crippen molar-refractivity contribution in [1.29, 1.82) is 0 Å². The molecule has 5 rings (SSSR count). The van der Waals surface area contributed by atoms with Crippen LogP contribution in [0, 0.1) is 12.8 Å². The lowest BCUT2D eigenvalue weighted by Crippen LogP contribution is -2.50. The normalized spacial score (nSPS) is 21.3. The third kappa shape index (κ3) is 3.24. The molecule has 2 fully saturated rings. The summed E-state index contributed by atoms with van der Waals surface area (Å²) in [6, 6.07) is 7.79. The molecule has 0 saturated carbocycles. The monoisotopic (exact) mass is 389 g/mol. The van der Waals surface area contributed by atoms with E-state index < -0.39 is 0 Å². The molecule has 2 aliphatic heterocycles. The van der Waals surface area contributed by atoms with E-state index in [1.54, 1.807) is 18.6 Å². The minimum absolute atomic E-state index is 0.0264. The van der Waals surface area contributed by atoms with Crippen LogP contribution >= 0.6 is 0 Å². The first-order chi connectivity index (χ1) is 14.2. The van der Waals surface area contributed by atoms with E-state index in [1.165, 1.54) is 4.80 Å². The quantitative estimate of drug-likeness (QED) is 0.683. The zero-order valence-corrected chi connectivity index (χ0v) is 16.3. The molecule has 8 heteroatoms. The lowest BCUT2D eigenvalue weighted by Gasteiger charge is -2.39. The molecule has 2 saturated heterocycles. The van der Waals surface area contributed by atoms with Crippen LogP contribution in [0.4, 0.5) is 5.82 Å². The average Bonchev–Trinajstić information content (AvgIpc) is 3.43. The maximum atomic E-state index is 13.4. The highest BCUT2D eigenvalue weighted by Gasteiger charge is 2.40. The van der Waals surface area contributed by atoms with Crippen molar-refractivity contribution >= 4 is 11.7 Å². The third-order valence-electron chi connectivity index (χ3n) is 5.95. The van der Waals surface area contributed by atoms with Gasteiger partial charge in [-0.05, 0) is 37.8 Å². The first-order valence-corrected chi connectivity index (χ1v) is 10.0. The SMILES string of the molecule is Cc1cncc(N2CC[C@@H]3CCN(C(=O)c4ccccc4-n4nccn4)C[C@@H]32)n1. The molecule has 0 spiro atoms. The summed E-state index contributed by atoms with van der Waals surface area (Å²) in [7, 11) is 0. The number of nitrogens with zero attached hydrogens (tertiary/aromatic N) is 7. The largest absolute Gasteiger partial charge is 0.350 e. The topological polar surface area (TPSA) is 80.0 Å². The van der Waals surface area contributed by atoms with E-state index in [-0.39, 0.29) is 11.9 Å². The van der Waals surface area contributed by atoms with Crippen molar-refractivity contribution < 1.29 is 4.79 Å². The number of carbonyl (C=O) groups excluding carboxylic acids is 1. The van der Waals surface area contributed by atoms with Crippen LogP contribution in [0.3, 0.4) is 0 Å². The van der Waals surface area contributed by atoms with E-state index in [2.05, 4.69) is 25.1 Å². The van der Waals surface area contributed by atoms with Gasteiger partial charge in [0.1, 0.15) is 5.82 Å². The predicted molar refractivity (Wildman–Crippen MR) is 108 cm³/mol. The molecule has 1 amide bonds. The number of benzene rings is 1. The zero-order valence-electron chi connectivity index (χ0n) is 16.3. The third-order valence-corrected chi connectivity index (χ3v) is 5.95. The Labute approximate surface area is 169 Å². The second kappa shape index (κ2) is 7.27. The van der Waals surface area contributed by atoms with Crippen molar-refractivity contribution in [2.24, 2.45) is 5.92 Å². The number of aromatic nitrogens is 5. The number of hydrogen-bond acceptors (Lipinski definition) is 6. The Morgan fingerprint density at radius 3 is 2.69 bits per heavy atom. The molecule has 148 valence electrons. The minimum Gasteiger partial charge on any atom is -0.350 e. The van der Waals surface area contributed by atoms with Crippen LogP contribution in [-0.2, 0) is 0 Å². The molecule has 2 aliphatic rings. The highest BCUT2D eigenvalue weighted by Crippen LogP contribution is 2.34.